The van der Waals surface area contributed by atoms with Gasteiger partial charge in [-0.1, -0.05) is 13.8 Å². The van der Waals surface area contributed by atoms with Crippen LogP contribution < -0.4 is 5.41 Å². The second-order valence-electron chi connectivity index (χ2n) is 4.14. The maximum Gasteiger partial charge on any atom is 0.176 e. The predicted octanol–water partition coefficient (Wildman–Crippen LogP) is 0.927. The van der Waals surface area contributed by atoms with Gasteiger partial charge in [-0.15, -0.1) is 0 Å². The van der Waals surface area contributed by atoms with Crippen molar-refractivity contribution in [2.24, 2.45) is 5.41 Å². The molecule has 0 saturated carbocycles. The molecule has 0 heterocycles. The number of rotatable bonds is 2. The third kappa shape index (κ3) is 2.36. The molecule has 0 atom stereocenters. The molecule has 0 spiro atoms. The Bertz CT molecular complexity index is 216. The molecule has 0 fully saturated rings. The quantitative estimate of drug-likeness (QED) is 0.654. The molecule has 0 radical (unpaired) electrons. The largest absolute Gasteiger partial charge is 0.498 e. The number of ether oxygens (including phenoxy) is 1. The molecular formula is C10H18NO+. The fourth-order valence-electron chi connectivity index (χ4n) is 1.67. The van der Waals surface area contributed by atoms with Gasteiger partial charge in [-0.3, -0.25) is 5.41 Å². The molecule has 68 valence electrons. The minimum absolute atomic E-state index is 0.267. The van der Waals surface area contributed by atoms with Crippen LogP contribution in [0.2, 0.25) is 0 Å². The summed E-state index contributed by atoms with van der Waals surface area (Å²) >= 11 is 0. The first-order chi connectivity index (χ1) is 5.53. The molecule has 0 unspecified atom stereocenters. The van der Waals surface area contributed by atoms with Crippen LogP contribution in [0.25, 0.3) is 0 Å². The Kier molecular flexibility index (Phi) is 2.55. The summed E-state index contributed by atoms with van der Waals surface area (Å²) in [4.78, 5) is 0. The normalized spacial score (nSPS) is 21.9. The second-order valence-corrected chi connectivity index (χ2v) is 4.14. The molecule has 0 saturated heterocycles. The summed E-state index contributed by atoms with van der Waals surface area (Å²) in [6.07, 6.45) is 3.94. The van der Waals surface area contributed by atoms with Crippen LogP contribution in [0.1, 0.15) is 33.6 Å². The van der Waals surface area contributed by atoms with Crippen molar-refractivity contribution >= 4 is 5.71 Å². The SMILES string of the molecule is CCOC1=CC(=[NH2+])CC(C)(C)C1. The van der Waals surface area contributed by atoms with E-state index in [0.29, 0.717) is 0 Å². The van der Waals surface area contributed by atoms with Gasteiger partial charge < -0.3 is 4.74 Å². The Labute approximate surface area is 74.1 Å². The average molecular weight is 168 g/mol. The van der Waals surface area contributed by atoms with E-state index in [1.807, 2.05) is 13.0 Å². The first-order valence-electron chi connectivity index (χ1n) is 4.48. The van der Waals surface area contributed by atoms with Crippen LogP contribution in [0.5, 0.6) is 0 Å². The van der Waals surface area contributed by atoms with Crippen LogP contribution in [0.3, 0.4) is 0 Å². The molecule has 0 aromatic heterocycles. The Hall–Kier alpha value is -0.790. The molecule has 2 nitrogen and oxygen atoms in total. The smallest absolute Gasteiger partial charge is 0.176 e. The Balaban J connectivity index is 2.69. The molecule has 1 rings (SSSR count). The summed E-state index contributed by atoms with van der Waals surface area (Å²) in [5.41, 5.74) is 1.21. The van der Waals surface area contributed by atoms with Crippen LogP contribution >= 0.6 is 0 Å². The fraction of sp³-hybridized carbons (Fsp3) is 0.700. The van der Waals surface area contributed by atoms with Gasteiger partial charge in [-0.05, 0) is 12.3 Å². The maximum absolute atomic E-state index is 5.79. The summed E-state index contributed by atoms with van der Waals surface area (Å²) in [5.74, 6) is 1.03. The zero-order valence-corrected chi connectivity index (χ0v) is 8.18. The van der Waals surface area contributed by atoms with Crippen molar-refractivity contribution in [1.82, 2.24) is 0 Å². The van der Waals surface area contributed by atoms with Gasteiger partial charge >= 0.3 is 0 Å². The fourth-order valence-corrected chi connectivity index (χ4v) is 1.67. The third-order valence-corrected chi connectivity index (χ3v) is 2.01. The van der Waals surface area contributed by atoms with Crippen molar-refractivity contribution in [3.8, 4) is 0 Å². The number of hydrogen-bond acceptors (Lipinski definition) is 1. The van der Waals surface area contributed by atoms with Gasteiger partial charge in [0.05, 0.1) is 6.61 Å². The molecule has 1 aliphatic rings. The number of nitrogens with two attached hydrogens (primary N) is 1. The summed E-state index contributed by atoms with van der Waals surface area (Å²) in [6, 6.07) is 0. The summed E-state index contributed by atoms with van der Waals surface area (Å²) in [7, 11) is 0. The van der Waals surface area contributed by atoms with Gasteiger partial charge in [0.2, 0.25) is 0 Å². The molecule has 0 aliphatic heterocycles. The monoisotopic (exact) mass is 168 g/mol. The molecule has 2 N–H and O–H groups in total. The summed E-state index contributed by atoms with van der Waals surface area (Å²) < 4.78 is 5.45. The molecule has 0 aromatic rings. The van der Waals surface area contributed by atoms with Gasteiger partial charge in [0.15, 0.2) is 5.71 Å². The highest BCUT2D eigenvalue weighted by Gasteiger charge is 2.28. The van der Waals surface area contributed by atoms with Gasteiger partial charge in [-0.2, -0.15) is 0 Å². The minimum atomic E-state index is 0.267. The molecule has 1 aliphatic carbocycles. The number of allylic oxidation sites excluding steroid dienone is 2. The van der Waals surface area contributed by atoms with Crippen LogP contribution in [0, 0.1) is 5.41 Å². The van der Waals surface area contributed by atoms with Crippen molar-refractivity contribution in [1.29, 1.82) is 0 Å². The predicted molar refractivity (Wildman–Crippen MR) is 49.7 cm³/mol. The summed E-state index contributed by atoms with van der Waals surface area (Å²) in [5, 5.41) is 5.79. The van der Waals surface area contributed by atoms with Gasteiger partial charge in [-0.25, -0.2) is 0 Å². The first kappa shape index (κ1) is 9.30. The van der Waals surface area contributed by atoms with Gasteiger partial charge in [0.25, 0.3) is 0 Å². The Morgan fingerprint density at radius 2 is 2.17 bits per heavy atom. The minimum Gasteiger partial charge on any atom is -0.498 e. The van der Waals surface area contributed by atoms with E-state index in [-0.39, 0.29) is 5.41 Å². The van der Waals surface area contributed by atoms with E-state index in [4.69, 9.17) is 10.1 Å². The van der Waals surface area contributed by atoms with E-state index in [1.54, 1.807) is 0 Å². The van der Waals surface area contributed by atoms with Crippen LogP contribution in [-0.2, 0) is 4.74 Å². The van der Waals surface area contributed by atoms with E-state index < -0.39 is 0 Å². The molecule has 2 heteroatoms. The molecule has 0 amide bonds. The lowest BCUT2D eigenvalue weighted by Gasteiger charge is -2.27. The van der Waals surface area contributed by atoms with Crippen molar-refractivity contribution < 1.29 is 10.1 Å². The van der Waals surface area contributed by atoms with Gasteiger partial charge in [0, 0.05) is 18.9 Å². The Morgan fingerprint density at radius 1 is 1.50 bits per heavy atom. The maximum atomic E-state index is 5.79. The van der Waals surface area contributed by atoms with E-state index in [2.05, 4.69) is 13.8 Å². The van der Waals surface area contributed by atoms with E-state index in [9.17, 15) is 0 Å². The third-order valence-electron chi connectivity index (χ3n) is 2.01. The first-order valence-corrected chi connectivity index (χ1v) is 4.48. The zero-order chi connectivity index (χ0) is 9.19. The van der Waals surface area contributed by atoms with E-state index in [1.165, 1.54) is 0 Å². The highest BCUT2D eigenvalue weighted by atomic mass is 16.5. The molecule has 0 aromatic carbocycles. The van der Waals surface area contributed by atoms with Crippen molar-refractivity contribution in [3.63, 3.8) is 0 Å². The lowest BCUT2D eigenvalue weighted by Crippen LogP contribution is -2.43. The number of hydrogen-bond donors (Lipinski definition) is 1. The van der Waals surface area contributed by atoms with Crippen molar-refractivity contribution in [2.75, 3.05) is 6.61 Å². The van der Waals surface area contributed by atoms with E-state index in [0.717, 1.165) is 30.9 Å². The van der Waals surface area contributed by atoms with Crippen molar-refractivity contribution in [2.45, 2.75) is 33.6 Å². The topological polar surface area (TPSA) is 34.8 Å². The Morgan fingerprint density at radius 3 is 2.67 bits per heavy atom. The lowest BCUT2D eigenvalue weighted by atomic mass is 9.79. The molecule has 12 heavy (non-hydrogen) atoms. The van der Waals surface area contributed by atoms with Crippen LogP contribution in [0.4, 0.5) is 0 Å². The van der Waals surface area contributed by atoms with E-state index >= 15 is 0 Å². The zero-order valence-electron chi connectivity index (χ0n) is 8.18. The standard InChI is InChI=1S/C10H17NO/c1-4-12-9-5-8(11)6-10(2,3)7-9/h5,11H,4,6-7H2,1-3H3/p+1. The van der Waals surface area contributed by atoms with Crippen LogP contribution in [-0.4, -0.2) is 12.3 Å². The average Bonchev–Trinajstić information content (AvgIpc) is 1.82. The van der Waals surface area contributed by atoms with Crippen LogP contribution in [0.15, 0.2) is 11.8 Å². The highest BCUT2D eigenvalue weighted by Crippen LogP contribution is 2.33. The summed E-state index contributed by atoms with van der Waals surface area (Å²) in [6.45, 7) is 7.16. The molecular weight excluding hydrogens is 150 g/mol. The highest BCUT2D eigenvalue weighted by molar-refractivity contribution is 5.91. The molecule has 0 bridgehead atoms. The van der Waals surface area contributed by atoms with Crippen molar-refractivity contribution in [3.05, 3.63) is 11.8 Å². The van der Waals surface area contributed by atoms with Gasteiger partial charge in [0.1, 0.15) is 5.76 Å². The second kappa shape index (κ2) is 3.30. The lowest BCUT2D eigenvalue weighted by molar-refractivity contribution is -0.117.